The maximum Gasteiger partial charge on any atom is 0.226 e. The molecule has 3 unspecified atom stereocenters. The molecule has 0 aliphatic carbocycles. The van der Waals surface area contributed by atoms with Crippen LogP contribution in [-0.2, 0) is 9.53 Å². The van der Waals surface area contributed by atoms with Crippen LogP contribution in [0.25, 0.3) is 0 Å². The van der Waals surface area contributed by atoms with Gasteiger partial charge in [-0.15, -0.1) is 0 Å². The van der Waals surface area contributed by atoms with Gasteiger partial charge in [0.15, 0.2) is 0 Å². The first-order valence-electron chi connectivity index (χ1n) is 5.95. The van der Waals surface area contributed by atoms with Crippen molar-refractivity contribution in [2.75, 3.05) is 20.3 Å². The van der Waals surface area contributed by atoms with Crippen molar-refractivity contribution in [1.29, 1.82) is 0 Å². The number of hydrogen-bond donors (Lipinski definition) is 0. The zero-order valence-electron chi connectivity index (χ0n) is 9.90. The zero-order chi connectivity index (χ0) is 11.0. The Morgan fingerprint density at radius 2 is 2.20 bits per heavy atom. The molecular weight excluding hydrogens is 190 g/mol. The first-order chi connectivity index (χ1) is 7.11. The van der Waals surface area contributed by atoms with Crippen LogP contribution in [0.4, 0.5) is 0 Å². The fourth-order valence-corrected chi connectivity index (χ4v) is 2.97. The maximum atomic E-state index is 12.1. The van der Waals surface area contributed by atoms with Gasteiger partial charge in [-0.1, -0.05) is 13.8 Å². The van der Waals surface area contributed by atoms with Gasteiger partial charge in [0, 0.05) is 25.6 Å². The van der Waals surface area contributed by atoms with E-state index in [4.69, 9.17) is 4.74 Å². The molecule has 2 saturated heterocycles. The summed E-state index contributed by atoms with van der Waals surface area (Å²) in [4.78, 5) is 14.1. The fraction of sp³-hybridized carbons (Fsp3) is 0.917. The van der Waals surface area contributed by atoms with E-state index in [1.165, 1.54) is 0 Å². The minimum atomic E-state index is 0.235. The number of rotatable bonds is 1. The molecule has 0 N–H and O–H groups in total. The third-order valence-corrected chi connectivity index (χ3v) is 3.95. The molecule has 0 aromatic heterocycles. The van der Waals surface area contributed by atoms with Gasteiger partial charge in [-0.3, -0.25) is 4.79 Å². The molecule has 0 bridgehead atoms. The summed E-state index contributed by atoms with van der Waals surface area (Å²) >= 11 is 0. The Morgan fingerprint density at radius 3 is 2.87 bits per heavy atom. The molecule has 2 fully saturated rings. The molecule has 0 spiro atoms. The first kappa shape index (κ1) is 10.9. The van der Waals surface area contributed by atoms with Crippen LogP contribution in [0.5, 0.6) is 0 Å². The molecule has 3 heteroatoms. The van der Waals surface area contributed by atoms with Gasteiger partial charge in [0.25, 0.3) is 0 Å². The summed E-state index contributed by atoms with van der Waals surface area (Å²) < 4.78 is 5.48. The predicted octanol–water partition coefficient (Wildman–Crippen LogP) is 1.53. The lowest BCUT2D eigenvalue weighted by molar-refractivity contribution is -0.151. The quantitative estimate of drug-likeness (QED) is 0.658. The Labute approximate surface area is 91.8 Å². The largest absolute Gasteiger partial charge is 0.381 e. The van der Waals surface area contributed by atoms with Crippen molar-refractivity contribution in [2.24, 2.45) is 17.8 Å². The average Bonchev–Trinajstić information content (AvgIpc) is 2.23. The van der Waals surface area contributed by atoms with Gasteiger partial charge in [0.1, 0.15) is 0 Å². The SMILES string of the molecule is CC(C)C1CC2COCCC2C(=O)N1C. The smallest absolute Gasteiger partial charge is 0.226 e. The normalized spacial score (nSPS) is 36.9. The standard InChI is InChI=1S/C12H21NO2/c1-8(2)11-6-9-7-15-5-4-10(9)12(14)13(11)3/h8-11H,4-7H2,1-3H3. The Morgan fingerprint density at radius 1 is 1.47 bits per heavy atom. The van der Waals surface area contributed by atoms with Gasteiger partial charge in [-0.25, -0.2) is 0 Å². The molecule has 2 aliphatic rings. The first-order valence-corrected chi connectivity index (χ1v) is 5.95. The van der Waals surface area contributed by atoms with Gasteiger partial charge < -0.3 is 9.64 Å². The Kier molecular flexibility index (Phi) is 3.01. The lowest BCUT2D eigenvalue weighted by Gasteiger charge is -2.45. The van der Waals surface area contributed by atoms with E-state index in [9.17, 15) is 4.79 Å². The van der Waals surface area contributed by atoms with Crippen LogP contribution < -0.4 is 0 Å². The molecule has 0 saturated carbocycles. The lowest BCUT2D eigenvalue weighted by Crippen LogP contribution is -2.53. The van der Waals surface area contributed by atoms with Crippen molar-refractivity contribution in [3.8, 4) is 0 Å². The summed E-state index contributed by atoms with van der Waals surface area (Å²) in [6.07, 6.45) is 2.03. The molecule has 3 nitrogen and oxygen atoms in total. The van der Waals surface area contributed by atoms with Gasteiger partial charge in [-0.2, -0.15) is 0 Å². The lowest BCUT2D eigenvalue weighted by atomic mass is 9.76. The number of piperidine rings is 1. The Balaban J connectivity index is 2.13. The summed E-state index contributed by atoms with van der Waals surface area (Å²) in [6, 6.07) is 0.403. The van der Waals surface area contributed by atoms with Crippen LogP contribution in [-0.4, -0.2) is 37.1 Å². The minimum absolute atomic E-state index is 0.235. The van der Waals surface area contributed by atoms with Crippen LogP contribution in [0, 0.1) is 17.8 Å². The highest BCUT2D eigenvalue weighted by atomic mass is 16.5. The number of carbonyl (C=O) groups excluding carboxylic acids is 1. The number of nitrogens with zero attached hydrogens (tertiary/aromatic N) is 1. The molecule has 1 amide bonds. The monoisotopic (exact) mass is 211 g/mol. The van der Waals surface area contributed by atoms with E-state index < -0.39 is 0 Å². The van der Waals surface area contributed by atoms with Crippen molar-refractivity contribution in [2.45, 2.75) is 32.7 Å². The van der Waals surface area contributed by atoms with E-state index in [1.807, 2.05) is 11.9 Å². The van der Waals surface area contributed by atoms with Crippen molar-refractivity contribution >= 4 is 5.91 Å². The predicted molar refractivity (Wildman–Crippen MR) is 58.4 cm³/mol. The summed E-state index contributed by atoms with van der Waals surface area (Å²) in [5.41, 5.74) is 0. The van der Waals surface area contributed by atoms with E-state index in [1.54, 1.807) is 0 Å². The molecule has 15 heavy (non-hydrogen) atoms. The van der Waals surface area contributed by atoms with Gasteiger partial charge in [0.2, 0.25) is 5.91 Å². The second-order valence-corrected chi connectivity index (χ2v) is 5.23. The highest BCUT2D eigenvalue weighted by Gasteiger charge is 2.42. The molecule has 2 aliphatic heterocycles. The minimum Gasteiger partial charge on any atom is -0.381 e. The third-order valence-electron chi connectivity index (χ3n) is 3.95. The topological polar surface area (TPSA) is 29.5 Å². The van der Waals surface area contributed by atoms with Crippen molar-refractivity contribution in [3.63, 3.8) is 0 Å². The van der Waals surface area contributed by atoms with Gasteiger partial charge >= 0.3 is 0 Å². The molecule has 2 heterocycles. The highest BCUT2D eigenvalue weighted by Crippen LogP contribution is 2.35. The zero-order valence-corrected chi connectivity index (χ0v) is 9.90. The number of amides is 1. The summed E-state index contributed by atoms with van der Waals surface area (Å²) in [7, 11) is 1.96. The van der Waals surface area contributed by atoms with Crippen molar-refractivity contribution < 1.29 is 9.53 Å². The number of carbonyl (C=O) groups is 1. The van der Waals surface area contributed by atoms with Crippen LogP contribution in [0.1, 0.15) is 26.7 Å². The highest BCUT2D eigenvalue weighted by molar-refractivity contribution is 5.80. The number of fused-ring (bicyclic) bond motifs is 1. The molecule has 2 rings (SSSR count). The van der Waals surface area contributed by atoms with Crippen LogP contribution in [0.2, 0.25) is 0 Å². The Hall–Kier alpha value is -0.570. The number of hydrogen-bond acceptors (Lipinski definition) is 2. The second kappa shape index (κ2) is 4.12. The number of likely N-dealkylation sites (tertiary alicyclic amines) is 1. The molecular formula is C12H21NO2. The Bertz CT molecular complexity index is 252. The molecule has 0 radical (unpaired) electrons. The van der Waals surface area contributed by atoms with E-state index >= 15 is 0 Å². The van der Waals surface area contributed by atoms with Gasteiger partial charge in [0.05, 0.1) is 6.61 Å². The van der Waals surface area contributed by atoms with E-state index in [2.05, 4.69) is 13.8 Å². The van der Waals surface area contributed by atoms with Crippen molar-refractivity contribution in [3.05, 3.63) is 0 Å². The maximum absolute atomic E-state index is 12.1. The molecule has 3 atom stereocenters. The number of ether oxygens (including phenoxy) is 1. The van der Waals surface area contributed by atoms with Crippen LogP contribution in [0.15, 0.2) is 0 Å². The molecule has 86 valence electrons. The molecule has 0 aromatic rings. The van der Waals surface area contributed by atoms with Crippen LogP contribution in [0.3, 0.4) is 0 Å². The van der Waals surface area contributed by atoms with Gasteiger partial charge in [-0.05, 0) is 24.7 Å². The van der Waals surface area contributed by atoms with Crippen molar-refractivity contribution in [1.82, 2.24) is 4.90 Å². The fourth-order valence-electron chi connectivity index (χ4n) is 2.97. The van der Waals surface area contributed by atoms with E-state index in [-0.39, 0.29) is 5.92 Å². The molecule has 0 aromatic carbocycles. The average molecular weight is 211 g/mol. The third kappa shape index (κ3) is 1.89. The van der Waals surface area contributed by atoms with E-state index in [0.717, 1.165) is 26.1 Å². The summed E-state index contributed by atoms with van der Waals surface area (Å²) in [6.45, 7) is 5.93. The summed E-state index contributed by atoms with van der Waals surface area (Å²) in [5, 5.41) is 0. The second-order valence-electron chi connectivity index (χ2n) is 5.23. The van der Waals surface area contributed by atoms with Crippen LogP contribution >= 0.6 is 0 Å². The van der Waals surface area contributed by atoms with E-state index in [0.29, 0.717) is 23.8 Å². The summed E-state index contributed by atoms with van der Waals surface area (Å²) in [5.74, 6) is 1.59.